The van der Waals surface area contributed by atoms with Crippen LogP contribution in [0.15, 0.2) is 35.5 Å². The van der Waals surface area contributed by atoms with Crippen molar-refractivity contribution in [2.24, 2.45) is 0 Å². The van der Waals surface area contributed by atoms with Crippen LogP contribution >= 0.6 is 35.7 Å². The Morgan fingerprint density at radius 1 is 1.11 bits per heavy atom. The van der Waals surface area contributed by atoms with Crippen LogP contribution in [0.4, 0.5) is 0 Å². The number of methoxy groups -OCH3 is 1. The van der Waals surface area contributed by atoms with Crippen LogP contribution in [0.25, 0.3) is 11.3 Å². The van der Waals surface area contributed by atoms with Gasteiger partial charge in [-0.05, 0) is 43.5 Å². The molecule has 0 saturated heterocycles. The highest BCUT2D eigenvalue weighted by Gasteiger charge is 2.04. The van der Waals surface area contributed by atoms with E-state index in [0.29, 0.717) is 0 Å². The molecule has 3 nitrogen and oxygen atoms in total. The molecule has 2 rings (SSSR count). The third-order valence-electron chi connectivity index (χ3n) is 2.40. The molecule has 5 heteroatoms. The molecule has 0 radical (unpaired) electrons. The van der Waals surface area contributed by atoms with E-state index in [4.69, 9.17) is 4.74 Å². The summed E-state index contributed by atoms with van der Waals surface area (Å²) in [6, 6.07) is 9.87. The summed E-state index contributed by atoms with van der Waals surface area (Å²) in [5, 5.41) is 0.802. The molecule has 0 amide bonds. The first-order valence-corrected chi connectivity index (χ1v) is 6.49. The number of halogens is 1. The molecule has 96 valence electrons. The summed E-state index contributed by atoms with van der Waals surface area (Å²) in [6.07, 6.45) is 1.98. The van der Waals surface area contributed by atoms with Gasteiger partial charge in [0.05, 0.1) is 12.8 Å². The van der Waals surface area contributed by atoms with E-state index in [1.165, 1.54) is 0 Å². The summed E-state index contributed by atoms with van der Waals surface area (Å²) < 4.78 is 5.14. The monoisotopic (exact) mass is 374 g/mol. The van der Waals surface area contributed by atoms with E-state index >= 15 is 0 Å². The second kappa shape index (κ2) is 6.94. The van der Waals surface area contributed by atoms with Crippen molar-refractivity contribution in [3.05, 3.63) is 36.0 Å². The summed E-state index contributed by atoms with van der Waals surface area (Å²) in [5.74, 6) is 0.851. The fourth-order valence-corrected chi connectivity index (χ4v) is 1.97. The number of aromatic nitrogens is 2. The maximum absolute atomic E-state index is 5.14. The van der Waals surface area contributed by atoms with Gasteiger partial charge in [-0.3, -0.25) is 0 Å². The van der Waals surface area contributed by atoms with Crippen molar-refractivity contribution in [2.45, 2.75) is 12.1 Å². The molecule has 0 N–H and O–H groups in total. The second-order valence-corrected chi connectivity index (χ2v) is 4.38. The standard InChI is InChI=1S/C13H14N2OS.HI/c1-9-8-12(15-13(14-9)17-3)10-4-6-11(16-2)7-5-10;/h4-8H,1-3H3;1H. The fraction of sp³-hybridized carbons (Fsp3) is 0.231. The Balaban J connectivity index is 0.00000162. The molecule has 1 aromatic heterocycles. The zero-order chi connectivity index (χ0) is 12.3. The Morgan fingerprint density at radius 3 is 2.33 bits per heavy atom. The van der Waals surface area contributed by atoms with Gasteiger partial charge in [0, 0.05) is 11.3 Å². The van der Waals surface area contributed by atoms with Gasteiger partial charge in [0.1, 0.15) is 5.75 Å². The molecule has 0 aliphatic rings. The molecule has 1 aromatic carbocycles. The first kappa shape index (κ1) is 15.2. The number of aryl methyl sites for hydroxylation is 1. The van der Waals surface area contributed by atoms with Crippen LogP contribution < -0.4 is 4.74 Å². The van der Waals surface area contributed by atoms with E-state index in [9.17, 15) is 0 Å². The minimum absolute atomic E-state index is 0. The summed E-state index contributed by atoms with van der Waals surface area (Å²) in [6.45, 7) is 1.98. The maximum atomic E-state index is 5.14. The molecular weight excluding hydrogens is 359 g/mol. The molecule has 0 aliphatic heterocycles. The summed E-state index contributed by atoms with van der Waals surface area (Å²) in [5.41, 5.74) is 3.01. The van der Waals surface area contributed by atoms with E-state index in [-0.39, 0.29) is 24.0 Å². The lowest BCUT2D eigenvalue weighted by atomic mass is 10.1. The van der Waals surface area contributed by atoms with E-state index in [1.807, 2.05) is 43.5 Å². The van der Waals surface area contributed by atoms with Crippen molar-refractivity contribution < 1.29 is 4.74 Å². The third-order valence-corrected chi connectivity index (χ3v) is 2.95. The molecule has 0 fully saturated rings. The topological polar surface area (TPSA) is 35.0 Å². The van der Waals surface area contributed by atoms with E-state index in [0.717, 1.165) is 27.9 Å². The van der Waals surface area contributed by atoms with E-state index in [2.05, 4.69) is 9.97 Å². The Bertz CT molecular complexity index is 517. The van der Waals surface area contributed by atoms with Gasteiger partial charge in [0.25, 0.3) is 0 Å². The normalized spacial score (nSPS) is 9.72. The SMILES string of the molecule is COc1ccc(-c2cc(C)nc(SC)n2)cc1.I. The minimum atomic E-state index is 0. The number of thioether (sulfide) groups is 1. The third kappa shape index (κ3) is 3.58. The molecule has 0 bridgehead atoms. The number of hydrogen-bond donors (Lipinski definition) is 0. The molecule has 1 heterocycles. The minimum Gasteiger partial charge on any atom is -0.497 e. The van der Waals surface area contributed by atoms with Gasteiger partial charge in [-0.1, -0.05) is 11.8 Å². The highest BCUT2D eigenvalue weighted by Crippen LogP contribution is 2.22. The van der Waals surface area contributed by atoms with Crippen molar-refractivity contribution in [3.63, 3.8) is 0 Å². The summed E-state index contributed by atoms with van der Waals surface area (Å²) in [7, 11) is 1.66. The van der Waals surface area contributed by atoms with Crippen LogP contribution in [-0.4, -0.2) is 23.3 Å². The zero-order valence-electron chi connectivity index (χ0n) is 10.5. The van der Waals surface area contributed by atoms with Gasteiger partial charge < -0.3 is 4.74 Å². The molecule has 18 heavy (non-hydrogen) atoms. The Kier molecular flexibility index (Phi) is 5.87. The number of hydrogen-bond acceptors (Lipinski definition) is 4. The number of benzene rings is 1. The van der Waals surface area contributed by atoms with Crippen LogP contribution in [0.2, 0.25) is 0 Å². The molecule has 2 aromatic rings. The quantitative estimate of drug-likeness (QED) is 0.465. The Labute approximate surface area is 128 Å². The molecule has 0 atom stereocenters. The first-order valence-electron chi connectivity index (χ1n) is 5.27. The predicted molar refractivity (Wildman–Crippen MR) is 86.0 cm³/mol. The lowest BCUT2D eigenvalue weighted by molar-refractivity contribution is 0.415. The van der Waals surface area contributed by atoms with Crippen molar-refractivity contribution >= 4 is 35.7 Å². The second-order valence-electron chi connectivity index (χ2n) is 3.61. The highest BCUT2D eigenvalue weighted by atomic mass is 127. The Hall–Kier alpha value is -0.820. The van der Waals surface area contributed by atoms with Crippen molar-refractivity contribution in [1.29, 1.82) is 0 Å². The van der Waals surface area contributed by atoms with E-state index in [1.54, 1.807) is 18.9 Å². The van der Waals surface area contributed by atoms with Gasteiger partial charge in [-0.25, -0.2) is 9.97 Å². The molecular formula is C13H15IN2OS. The van der Waals surface area contributed by atoms with Gasteiger partial charge in [-0.15, -0.1) is 24.0 Å². The first-order chi connectivity index (χ1) is 8.22. The molecule has 0 spiro atoms. The van der Waals surface area contributed by atoms with Crippen LogP contribution in [0, 0.1) is 6.92 Å². The summed E-state index contributed by atoms with van der Waals surface area (Å²) >= 11 is 1.55. The van der Waals surface area contributed by atoms with Gasteiger partial charge in [0.2, 0.25) is 0 Å². The predicted octanol–water partition coefficient (Wildman–Crippen LogP) is 3.80. The smallest absolute Gasteiger partial charge is 0.188 e. The van der Waals surface area contributed by atoms with Gasteiger partial charge >= 0.3 is 0 Å². The summed E-state index contributed by atoms with van der Waals surface area (Å²) in [4.78, 5) is 8.83. The maximum Gasteiger partial charge on any atom is 0.188 e. The van der Waals surface area contributed by atoms with Crippen molar-refractivity contribution in [3.8, 4) is 17.0 Å². The lowest BCUT2D eigenvalue weighted by Crippen LogP contribution is -1.93. The fourth-order valence-electron chi connectivity index (χ4n) is 1.54. The molecule has 0 aliphatic carbocycles. The highest BCUT2D eigenvalue weighted by molar-refractivity contribution is 14.0. The average molecular weight is 374 g/mol. The number of rotatable bonds is 3. The zero-order valence-corrected chi connectivity index (χ0v) is 13.7. The van der Waals surface area contributed by atoms with Crippen molar-refractivity contribution in [2.75, 3.05) is 13.4 Å². The van der Waals surface area contributed by atoms with Crippen LogP contribution in [0.1, 0.15) is 5.69 Å². The van der Waals surface area contributed by atoms with Crippen LogP contribution in [0.3, 0.4) is 0 Å². The lowest BCUT2D eigenvalue weighted by Gasteiger charge is -2.05. The van der Waals surface area contributed by atoms with Crippen molar-refractivity contribution in [1.82, 2.24) is 9.97 Å². The number of ether oxygens (including phenoxy) is 1. The van der Waals surface area contributed by atoms with E-state index < -0.39 is 0 Å². The molecule has 0 unspecified atom stereocenters. The van der Waals surface area contributed by atoms with Gasteiger partial charge in [0.15, 0.2) is 5.16 Å². The van der Waals surface area contributed by atoms with Crippen LogP contribution in [0.5, 0.6) is 5.75 Å². The van der Waals surface area contributed by atoms with Crippen LogP contribution in [-0.2, 0) is 0 Å². The average Bonchev–Trinajstić information content (AvgIpc) is 2.38. The Morgan fingerprint density at radius 2 is 1.78 bits per heavy atom. The largest absolute Gasteiger partial charge is 0.497 e. The van der Waals surface area contributed by atoms with Gasteiger partial charge in [-0.2, -0.15) is 0 Å². The number of nitrogens with zero attached hydrogens (tertiary/aromatic N) is 2. The molecule has 0 saturated carbocycles.